The minimum atomic E-state index is -1.28. The summed E-state index contributed by atoms with van der Waals surface area (Å²) in [6.45, 7) is 7.33. The SMILES string of the molecule is CC(C)(O)c1noc(-c2ncn3c2c(=O)n(CCN2CCOCC2)c2cc(Cl)ccc23)n1. The van der Waals surface area contributed by atoms with Crippen LogP contribution in [0.5, 0.6) is 0 Å². The normalized spacial score (nSPS) is 15.8. The Kier molecular flexibility index (Phi) is 5.25. The second-order valence-corrected chi connectivity index (χ2v) is 8.77. The van der Waals surface area contributed by atoms with Crippen LogP contribution in [0.3, 0.4) is 0 Å². The van der Waals surface area contributed by atoms with Gasteiger partial charge in [-0.25, -0.2) is 4.98 Å². The minimum Gasteiger partial charge on any atom is -0.382 e. The summed E-state index contributed by atoms with van der Waals surface area (Å²) in [5, 5.41) is 14.6. The first-order valence-electron chi connectivity index (χ1n) is 10.4. The Morgan fingerprint density at radius 3 is 2.69 bits per heavy atom. The molecule has 3 aromatic heterocycles. The third-order valence-corrected chi connectivity index (χ3v) is 5.86. The zero-order valence-corrected chi connectivity index (χ0v) is 18.5. The van der Waals surface area contributed by atoms with Crippen molar-refractivity contribution >= 4 is 28.2 Å². The highest BCUT2D eigenvalue weighted by Gasteiger charge is 2.27. The summed E-state index contributed by atoms with van der Waals surface area (Å²) in [5.74, 6) is 0.198. The number of imidazole rings is 1. The van der Waals surface area contributed by atoms with E-state index in [4.69, 9.17) is 20.9 Å². The Balaban J connectivity index is 1.66. The summed E-state index contributed by atoms with van der Waals surface area (Å²) in [5.41, 5.74) is 0.590. The summed E-state index contributed by atoms with van der Waals surface area (Å²) < 4.78 is 14.2. The van der Waals surface area contributed by atoms with Gasteiger partial charge in [-0.2, -0.15) is 4.98 Å². The predicted octanol–water partition coefficient (Wildman–Crippen LogP) is 1.91. The molecule has 4 heterocycles. The first-order chi connectivity index (χ1) is 15.3. The maximum atomic E-state index is 13.7. The lowest BCUT2D eigenvalue weighted by Gasteiger charge is -2.27. The monoisotopic (exact) mass is 458 g/mol. The van der Waals surface area contributed by atoms with Crippen LogP contribution in [0.4, 0.5) is 0 Å². The lowest BCUT2D eigenvalue weighted by atomic mass is 10.1. The Bertz CT molecular complexity index is 1350. The second-order valence-electron chi connectivity index (χ2n) is 8.34. The molecule has 0 radical (unpaired) electrons. The Labute approximate surface area is 188 Å². The zero-order chi connectivity index (χ0) is 22.5. The molecule has 1 saturated heterocycles. The predicted molar refractivity (Wildman–Crippen MR) is 118 cm³/mol. The molecule has 0 spiro atoms. The number of benzene rings is 1. The highest BCUT2D eigenvalue weighted by Crippen LogP contribution is 2.26. The number of hydrogen-bond donors (Lipinski definition) is 1. The van der Waals surface area contributed by atoms with Gasteiger partial charge in [0.15, 0.2) is 5.69 Å². The highest BCUT2D eigenvalue weighted by atomic mass is 35.5. The van der Waals surface area contributed by atoms with E-state index >= 15 is 0 Å². The fourth-order valence-corrected chi connectivity index (χ4v) is 4.07. The number of aromatic nitrogens is 5. The van der Waals surface area contributed by atoms with Crippen molar-refractivity contribution in [2.75, 3.05) is 32.8 Å². The zero-order valence-electron chi connectivity index (χ0n) is 17.8. The van der Waals surface area contributed by atoms with Gasteiger partial charge in [0.2, 0.25) is 5.82 Å². The van der Waals surface area contributed by atoms with Crippen LogP contribution in [-0.4, -0.2) is 66.9 Å². The standard InChI is InChI=1S/C21H23ClN6O4/c1-21(2,30)20-24-18(32-25-20)16-17-19(29)27(6-5-26-7-9-31-10-8-26)15-11-13(22)3-4-14(15)28(17)12-23-16/h3-4,11-12,30H,5-10H2,1-2H3. The average molecular weight is 459 g/mol. The Morgan fingerprint density at radius 2 is 1.97 bits per heavy atom. The molecule has 0 atom stereocenters. The van der Waals surface area contributed by atoms with E-state index in [1.165, 1.54) is 0 Å². The van der Waals surface area contributed by atoms with Gasteiger partial charge in [0.05, 0.1) is 24.2 Å². The number of morpholine rings is 1. The maximum absolute atomic E-state index is 13.7. The molecule has 1 fully saturated rings. The molecule has 0 unspecified atom stereocenters. The second kappa shape index (κ2) is 7.96. The summed E-state index contributed by atoms with van der Waals surface area (Å²) in [7, 11) is 0. The number of aliphatic hydroxyl groups is 1. The van der Waals surface area contributed by atoms with Crippen molar-refractivity contribution < 1.29 is 14.4 Å². The smallest absolute Gasteiger partial charge is 0.279 e. The third kappa shape index (κ3) is 3.69. The molecule has 1 aliphatic rings. The Hall–Kier alpha value is -2.79. The number of nitrogens with zero attached hydrogens (tertiary/aromatic N) is 6. The molecule has 0 saturated carbocycles. The van der Waals surface area contributed by atoms with Gasteiger partial charge in [0.1, 0.15) is 17.4 Å². The Morgan fingerprint density at radius 1 is 1.19 bits per heavy atom. The van der Waals surface area contributed by atoms with Crippen molar-refractivity contribution in [1.82, 2.24) is 29.0 Å². The van der Waals surface area contributed by atoms with Gasteiger partial charge in [0, 0.05) is 31.2 Å². The van der Waals surface area contributed by atoms with E-state index in [1.54, 1.807) is 41.3 Å². The molecule has 0 aliphatic carbocycles. The van der Waals surface area contributed by atoms with Crippen LogP contribution in [-0.2, 0) is 16.9 Å². The van der Waals surface area contributed by atoms with Crippen LogP contribution in [0.2, 0.25) is 5.02 Å². The topological polar surface area (TPSA) is 111 Å². The van der Waals surface area contributed by atoms with Crippen LogP contribution in [0.1, 0.15) is 19.7 Å². The first kappa shape index (κ1) is 21.1. The van der Waals surface area contributed by atoms with Crippen molar-refractivity contribution in [2.24, 2.45) is 0 Å². The molecular weight excluding hydrogens is 436 g/mol. The number of fused-ring (bicyclic) bond motifs is 3. The minimum absolute atomic E-state index is 0.0785. The van der Waals surface area contributed by atoms with E-state index in [-0.39, 0.29) is 23.0 Å². The van der Waals surface area contributed by atoms with Crippen molar-refractivity contribution in [3.63, 3.8) is 0 Å². The summed E-state index contributed by atoms with van der Waals surface area (Å²) in [4.78, 5) is 24.6. The quantitative estimate of drug-likeness (QED) is 0.483. The fourth-order valence-electron chi connectivity index (χ4n) is 3.90. The molecular formula is C21H23ClN6O4. The van der Waals surface area contributed by atoms with Gasteiger partial charge in [0.25, 0.3) is 11.4 Å². The molecule has 0 bridgehead atoms. The maximum Gasteiger partial charge on any atom is 0.279 e. The molecule has 11 heteroatoms. The molecule has 5 rings (SSSR count). The number of hydrogen-bond acceptors (Lipinski definition) is 8. The number of rotatable bonds is 5. The van der Waals surface area contributed by atoms with Gasteiger partial charge in [-0.3, -0.25) is 14.1 Å². The number of ether oxygens (including phenoxy) is 1. The van der Waals surface area contributed by atoms with E-state index in [9.17, 15) is 9.90 Å². The van der Waals surface area contributed by atoms with E-state index in [2.05, 4.69) is 20.0 Å². The van der Waals surface area contributed by atoms with E-state index in [1.807, 2.05) is 6.07 Å². The summed E-state index contributed by atoms with van der Waals surface area (Å²) in [6, 6.07) is 5.42. The molecule has 1 aromatic carbocycles. The van der Waals surface area contributed by atoms with Crippen LogP contribution >= 0.6 is 11.6 Å². The number of halogens is 1. The van der Waals surface area contributed by atoms with Gasteiger partial charge in [-0.05, 0) is 32.0 Å². The summed E-state index contributed by atoms with van der Waals surface area (Å²) >= 11 is 6.27. The van der Waals surface area contributed by atoms with Crippen molar-refractivity contribution in [3.8, 4) is 11.6 Å². The molecule has 10 nitrogen and oxygen atoms in total. The largest absolute Gasteiger partial charge is 0.382 e. The van der Waals surface area contributed by atoms with Crippen LogP contribution in [0, 0.1) is 0 Å². The molecule has 4 aromatic rings. The van der Waals surface area contributed by atoms with E-state index < -0.39 is 5.60 Å². The molecule has 1 aliphatic heterocycles. The first-order valence-corrected chi connectivity index (χ1v) is 10.8. The molecule has 1 N–H and O–H groups in total. The van der Waals surface area contributed by atoms with Gasteiger partial charge in [-0.15, -0.1) is 0 Å². The molecule has 32 heavy (non-hydrogen) atoms. The average Bonchev–Trinajstić information content (AvgIpc) is 3.42. The lowest BCUT2D eigenvalue weighted by molar-refractivity contribution is 0.0364. The van der Waals surface area contributed by atoms with Gasteiger partial charge in [-0.1, -0.05) is 16.8 Å². The van der Waals surface area contributed by atoms with E-state index in [0.717, 1.165) is 24.1 Å². The fraction of sp³-hybridized carbons (Fsp3) is 0.429. The van der Waals surface area contributed by atoms with E-state index in [0.29, 0.717) is 36.8 Å². The van der Waals surface area contributed by atoms with Crippen molar-refractivity contribution in [3.05, 3.63) is 45.7 Å². The third-order valence-electron chi connectivity index (χ3n) is 5.62. The molecule has 168 valence electrons. The lowest BCUT2D eigenvalue weighted by Crippen LogP contribution is -2.39. The van der Waals surface area contributed by atoms with Crippen molar-refractivity contribution in [1.29, 1.82) is 0 Å². The van der Waals surface area contributed by atoms with Gasteiger partial charge >= 0.3 is 0 Å². The molecule has 0 amide bonds. The summed E-state index contributed by atoms with van der Waals surface area (Å²) in [6.07, 6.45) is 1.56. The van der Waals surface area contributed by atoms with Crippen LogP contribution in [0.25, 0.3) is 28.1 Å². The van der Waals surface area contributed by atoms with Gasteiger partial charge < -0.3 is 18.9 Å². The highest BCUT2D eigenvalue weighted by molar-refractivity contribution is 6.31. The van der Waals surface area contributed by atoms with Crippen LogP contribution < -0.4 is 5.56 Å². The van der Waals surface area contributed by atoms with Crippen LogP contribution in [0.15, 0.2) is 33.8 Å². The van der Waals surface area contributed by atoms with Crippen molar-refractivity contribution in [2.45, 2.75) is 26.0 Å².